The van der Waals surface area contributed by atoms with Crippen LogP contribution < -0.4 is 0 Å². The average molecular weight is 470 g/mol. The van der Waals surface area contributed by atoms with E-state index in [9.17, 15) is 45.3 Å². The molecule has 2 rings (SSSR count). The van der Waals surface area contributed by atoms with Gasteiger partial charge in [-0.1, -0.05) is 0 Å². The first kappa shape index (κ1) is 26.8. The number of rotatable bonds is 8. The van der Waals surface area contributed by atoms with E-state index in [1.54, 1.807) is 0 Å². The Morgan fingerprint density at radius 3 is 2.06 bits per heavy atom. The number of carbonyl (C=O) groups is 2. The van der Waals surface area contributed by atoms with Crippen molar-refractivity contribution in [3.05, 3.63) is 0 Å². The van der Waals surface area contributed by atoms with Crippen molar-refractivity contribution in [3.8, 4) is 0 Å². The van der Waals surface area contributed by atoms with E-state index < -0.39 is 92.2 Å². The molecule has 2 fully saturated rings. The molecule has 0 aromatic rings. The van der Waals surface area contributed by atoms with Gasteiger partial charge in [0, 0.05) is 6.92 Å². The molecule has 0 saturated carbocycles. The zero-order valence-corrected chi connectivity index (χ0v) is 17.7. The maximum Gasteiger partial charge on any atom is 0.338 e. The van der Waals surface area contributed by atoms with Crippen molar-refractivity contribution in [1.82, 2.24) is 0 Å². The van der Waals surface area contributed by atoms with E-state index in [4.69, 9.17) is 23.7 Å². The second-order valence-corrected chi connectivity index (χ2v) is 8.12. The van der Waals surface area contributed by atoms with Crippen LogP contribution in [0.4, 0.5) is 0 Å². The minimum atomic E-state index is -2.38. The summed E-state index contributed by atoms with van der Waals surface area (Å²) < 4.78 is 26.4. The number of esters is 2. The Labute approximate surface area is 182 Å². The van der Waals surface area contributed by atoms with Crippen molar-refractivity contribution in [2.75, 3.05) is 19.8 Å². The third kappa shape index (κ3) is 5.53. The number of aliphatic hydroxyl groups excluding tert-OH is 6. The molecule has 2 heterocycles. The first-order chi connectivity index (χ1) is 14.8. The minimum absolute atomic E-state index is 0.776. The van der Waals surface area contributed by atoms with E-state index >= 15 is 0 Å². The number of hydrogen-bond acceptors (Lipinski definition) is 14. The predicted octanol–water partition coefficient (Wildman–Crippen LogP) is -4.50. The fourth-order valence-electron chi connectivity index (χ4n) is 3.22. The lowest BCUT2D eigenvalue weighted by Gasteiger charge is -2.44. The van der Waals surface area contributed by atoms with E-state index in [-0.39, 0.29) is 0 Å². The second-order valence-electron chi connectivity index (χ2n) is 8.12. The van der Waals surface area contributed by atoms with E-state index in [2.05, 4.69) is 0 Å². The summed E-state index contributed by atoms with van der Waals surface area (Å²) in [7, 11) is 0. The first-order valence-corrected chi connectivity index (χ1v) is 9.79. The van der Waals surface area contributed by atoms with Gasteiger partial charge in [-0.25, -0.2) is 4.79 Å². The van der Waals surface area contributed by atoms with Crippen molar-refractivity contribution >= 4 is 11.9 Å². The van der Waals surface area contributed by atoms with Crippen LogP contribution in [0.5, 0.6) is 0 Å². The highest BCUT2D eigenvalue weighted by Crippen LogP contribution is 2.39. The molecule has 2 saturated heterocycles. The molecule has 2 aliphatic heterocycles. The molecule has 0 amide bonds. The zero-order valence-electron chi connectivity index (χ0n) is 17.7. The topological polar surface area (TPSA) is 222 Å². The number of aliphatic hydroxyl groups is 7. The Morgan fingerprint density at radius 1 is 0.969 bits per heavy atom. The van der Waals surface area contributed by atoms with Gasteiger partial charge in [0.25, 0.3) is 0 Å². The van der Waals surface area contributed by atoms with Crippen molar-refractivity contribution in [1.29, 1.82) is 0 Å². The smallest absolute Gasteiger partial charge is 0.338 e. The molecular weight excluding hydrogens is 440 g/mol. The molecule has 14 heteroatoms. The summed E-state index contributed by atoms with van der Waals surface area (Å²) in [5, 5.41) is 69.6. The van der Waals surface area contributed by atoms with Crippen molar-refractivity contribution in [2.45, 2.75) is 81.2 Å². The van der Waals surface area contributed by atoms with Crippen LogP contribution in [-0.2, 0) is 33.3 Å². The number of ether oxygens (including phenoxy) is 5. The maximum atomic E-state index is 12.3. The monoisotopic (exact) mass is 470 g/mol. The SMILES string of the molecule is CC(=O)OC[C@@]1(O[C@H]2O[C@H](CO)[C@@H](O)[C@H](O)[C@H]2O)O[C@H](CO)[C@@H](O)[C@@H]1OC(=O)C(C)(C)O. The molecule has 7 N–H and O–H groups in total. The normalized spacial score (nSPS) is 40.2. The highest BCUT2D eigenvalue weighted by atomic mass is 16.8. The molecule has 9 atom stereocenters. The highest BCUT2D eigenvalue weighted by molar-refractivity contribution is 5.78. The van der Waals surface area contributed by atoms with Gasteiger partial charge in [-0.3, -0.25) is 4.79 Å². The van der Waals surface area contributed by atoms with Gasteiger partial charge in [-0.15, -0.1) is 0 Å². The molecule has 186 valence electrons. The Bertz CT molecular complexity index is 663. The molecule has 0 spiro atoms. The summed E-state index contributed by atoms with van der Waals surface area (Å²) in [6, 6.07) is 0. The van der Waals surface area contributed by atoms with Gasteiger partial charge in [-0.2, -0.15) is 0 Å². The molecular formula is C18H30O14. The van der Waals surface area contributed by atoms with Gasteiger partial charge in [0.15, 0.2) is 18.0 Å². The number of hydrogen-bond donors (Lipinski definition) is 7. The predicted molar refractivity (Wildman–Crippen MR) is 98.4 cm³/mol. The van der Waals surface area contributed by atoms with Gasteiger partial charge in [-0.05, 0) is 13.8 Å². The quantitative estimate of drug-likeness (QED) is 0.166. The second kappa shape index (κ2) is 10.2. The molecule has 2 aliphatic rings. The third-order valence-electron chi connectivity index (χ3n) is 5.03. The Hall–Kier alpha value is -1.46. The summed E-state index contributed by atoms with van der Waals surface area (Å²) >= 11 is 0. The fraction of sp³-hybridized carbons (Fsp3) is 0.889. The molecule has 0 aromatic carbocycles. The van der Waals surface area contributed by atoms with Crippen LogP contribution in [0.2, 0.25) is 0 Å². The summed E-state index contributed by atoms with van der Waals surface area (Å²) in [5.41, 5.74) is -2.02. The molecule has 0 unspecified atom stereocenters. The van der Waals surface area contributed by atoms with Gasteiger partial charge in [0.2, 0.25) is 5.79 Å². The lowest BCUT2D eigenvalue weighted by molar-refractivity contribution is -0.384. The third-order valence-corrected chi connectivity index (χ3v) is 5.03. The molecule has 0 aliphatic carbocycles. The van der Waals surface area contributed by atoms with Crippen molar-refractivity contribution < 1.29 is 69.0 Å². The summed E-state index contributed by atoms with van der Waals surface area (Å²) in [4.78, 5) is 23.7. The lowest BCUT2D eigenvalue weighted by atomic mass is 9.99. The average Bonchev–Trinajstić information content (AvgIpc) is 2.97. The largest absolute Gasteiger partial charge is 0.460 e. The summed E-state index contributed by atoms with van der Waals surface area (Å²) in [5.74, 6) is -4.44. The van der Waals surface area contributed by atoms with Crippen LogP contribution in [-0.4, -0.2) is 128 Å². The molecule has 0 bridgehead atoms. The van der Waals surface area contributed by atoms with Crippen molar-refractivity contribution in [2.24, 2.45) is 0 Å². The van der Waals surface area contributed by atoms with Gasteiger partial charge in [0.1, 0.15) is 43.2 Å². The van der Waals surface area contributed by atoms with Crippen LogP contribution in [0.1, 0.15) is 20.8 Å². The van der Waals surface area contributed by atoms with Crippen LogP contribution in [0.15, 0.2) is 0 Å². The van der Waals surface area contributed by atoms with Crippen LogP contribution >= 0.6 is 0 Å². The first-order valence-electron chi connectivity index (χ1n) is 9.79. The zero-order chi connectivity index (χ0) is 24.4. The van der Waals surface area contributed by atoms with Gasteiger partial charge < -0.3 is 59.4 Å². The van der Waals surface area contributed by atoms with Crippen LogP contribution in [0.25, 0.3) is 0 Å². The maximum absolute atomic E-state index is 12.3. The fourth-order valence-corrected chi connectivity index (χ4v) is 3.22. The summed E-state index contributed by atoms with van der Waals surface area (Å²) in [6.45, 7) is 0.836. The van der Waals surface area contributed by atoms with E-state index in [0.717, 1.165) is 20.8 Å². The highest BCUT2D eigenvalue weighted by Gasteiger charge is 2.62. The van der Waals surface area contributed by atoms with E-state index in [1.807, 2.05) is 0 Å². The van der Waals surface area contributed by atoms with Crippen LogP contribution in [0.3, 0.4) is 0 Å². The standard InChI is InChI=1S/C18H30O14/c1-7(21)28-6-18(32-15-13(25)12(24)10(22)8(4-19)29-15)14(11(23)9(5-20)31-18)30-16(26)17(2,3)27/h8-15,19-20,22-25,27H,4-6H2,1-3H3/t8-,9-,10-,11-,12+,13-,14+,15-,18+/m1/s1. The van der Waals surface area contributed by atoms with Crippen molar-refractivity contribution in [3.63, 3.8) is 0 Å². The molecule has 32 heavy (non-hydrogen) atoms. The summed E-state index contributed by atoms with van der Waals surface area (Å²) in [6.07, 6.45) is -13.7. The molecule has 0 radical (unpaired) electrons. The Morgan fingerprint density at radius 2 is 1.56 bits per heavy atom. The Balaban J connectivity index is 2.43. The van der Waals surface area contributed by atoms with E-state index in [1.165, 1.54) is 0 Å². The van der Waals surface area contributed by atoms with Gasteiger partial charge >= 0.3 is 11.9 Å². The van der Waals surface area contributed by atoms with Gasteiger partial charge in [0.05, 0.1) is 13.2 Å². The van der Waals surface area contributed by atoms with Crippen LogP contribution in [0, 0.1) is 0 Å². The van der Waals surface area contributed by atoms with E-state index in [0.29, 0.717) is 0 Å². The Kier molecular flexibility index (Phi) is 8.55. The number of carbonyl (C=O) groups excluding carboxylic acids is 2. The minimum Gasteiger partial charge on any atom is -0.460 e. The molecule has 0 aromatic heterocycles. The lowest BCUT2D eigenvalue weighted by Crippen LogP contribution is -2.63. The molecule has 14 nitrogen and oxygen atoms in total.